The van der Waals surface area contributed by atoms with Gasteiger partial charge in [-0.05, 0) is 28.5 Å². The lowest BCUT2D eigenvalue weighted by Crippen LogP contribution is -2.21. The van der Waals surface area contributed by atoms with Crippen LogP contribution in [0.4, 0.5) is 0 Å². The highest BCUT2D eigenvalue weighted by molar-refractivity contribution is 7.08. The van der Waals surface area contributed by atoms with Gasteiger partial charge in [0.2, 0.25) is 5.78 Å². The molecule has 4 aromatic rings. The number of aromatic amines is 1. The zero-order valence-electron chi connectivity index (χ0n) is 14.4. The fourth-order valence-electron chi connectivity index (χ4n) is 3.05. The maximum absolute atomic E-state index is 13.3. The number of nitrogens with one attached hydrogen (secondary N) is 1. The molecule has 1 atom stereocenters. The van der Waals surface area contributed by atoms with E-state index in [9.17, 15) is 9.59 Å². The quantitative estimate of drug-likeness (QED) is 0.384. The molecule has 0 spiro atoms. The number of benzene rings is 2. The standard InChI is InChI=1S/C22H17NO3S/c24-20(12-15-10-11-27-14-15)26-22(16-6-2-1-3-7-16)21(25)18-13-23-19-9-5-4-8-17(18)19/h1-11,13-14,22-23H,12H2/t22-/m0/s1. The van der Waals surface area contributed by atoms with E-state index < -0.39 is 12.1 Å². The summed E-state index contributed by atoms with van der Waals surface area (Å²) in [6.07, 6.45) is 0.848. The summed E-state index contributed by atoms with van der Waals surface area (Å²) in [6.45, 7) is 0. The van der Waals surface area contributed by atoms with Crippen molar-refractivity contribution in [2.24, 2.45) is 0 Å². The first-order chi connectivity index (χ1) is 13.2. The fourth-order valence-corrected chi connectivity index (χ4v) is 3.72. The van der Waals surface area contributed by atoms with Crippen LogP contribution in [-0.2, 0) is 16.0 Å². The largest absolute Gasteiger partial charge is 0.449 e. The number of ether oxygens (including phenoxy) is 1. The number of esters is 1. The second kappa shape index (κ2) is 7.60. The predicted octanol–water partition coefficient (Wildman–Crippen LogP) is 4.94. The smallest absolute Gasteiger partial charge is 0.311 e. The summed E-state index contributed by atoms with van der Waals surface area (Å²) < 4.78 is 5.65. The molecule has 0 saturated heterocycles. The van der Waals surface area contributed by atoms with Crippen molar-refractivity contribution in [3.63, 3.8) is 0 Å². The van der Waals surface area contributed by atoms with Crippen LogP contribution < -0.4 is 0 Å². The summed E-state index contributed by atoms with van der Waals surface area (Å²) in [5, 5.41) is 4.63. The summed E-state index contributed by atoms with van der Waals surface area (Å²) >= 11 is 1.52. The van der Waals surface area contributed by atoms with Crippen LogP contribution in [-0.4, -0.2) is 16.7 Å². The number of ketones is 1. The number of thiophene rings is 1. The second-order valence-electron chi connectivity index (χ2n) is 6.20. The number of rotatable bonds is 6. The molecule has 2 aromatic heterocycles. The summed E-state index contributed by atoms with van der Waals surface area (Å²) in [5.74, 6) is -0.659. The summed E-state index contributed by atoms with van der Waals surface area (Å²) in [7, 11) is 0. The van der Waals surface area contributed by atoms with Gasteiger partial charge in [0.05, 0.1) is 6.42 Å². The van der Waals surface area contributed by atoms with Crippen LogP contribution in [0.5, 0.6) is 0 Å². The van der Waals surface area contributed by atoms with Crippen molar-refractivity contribution in [2.75, 3.05) is 0 Å². The van der Waals surface area contributed by atoms with E-state index in [0.717, 1.165) is 16.5 Å². The van der Waals surface area contributed by atoms with Gasteiger partial charge >= 0.3 is 5.97 Å². The molecule has 0 fully saturated rings. The number of para-hydroxylation sites is 1. The number of hydrogen-bond donors (Lipinski definition) is 1. The van der Waals surface area contributed by atoms with E-state index in [1.807, 2.05) is 59.3 Å². The highest BCUT2D eigenvalue weighted by atomic mass is 32.1. The highest BCUT2D eigenvalue weighted by Gasteiger charge is 2.28. The molecule has 0 aliphatic carbocycles. The van der Waals surface area contributed by atoms with Crippen LogP contribution in [0.25, 0.3) is 10.9 Å². The molecule has 0 amide bonds. The Bertz CT molecular complexity index is 1070. The van der Waals surface area contributed by atoms with Crippen LogP contribution in [0.2, 0.25) is 0 Å². The molecule has 5 heteroatoms. The summed E-state index contributed by atoms with van der Waals surface area (Å²) in [5.41, 5.74) is 2.93. The van der Waals surface area contributed by atoms with E-state index in [2.05, 4.69) is 4.98 Å². The van der Waals surface area contributed by atoms with Crippen LogP contribution in [0, 0.1) is 0 Å². The number of H-pyrrole nitrogens is 1. The molecule has 27 heavy (non-hydrogen) atoms. The SMILES string of the molecule is O=C(Cc1ccsc1)O[C@H](C(=O)c1c[nH]c2ccccc12)c1ccccc1. The van der Waals surface area contributed by atoms with Crippen LogP contribution in [0.1, 0.15) is 27.6 Å². The van der Waals surface area contributed by atoms with E-state index in [1.54, 1.807) is 18.3 Å². The number of fused-ring (bicyclic) bond motifs is 1. The minimum Gasteiger partial charge on any atom is -0.449 e. The highest BCUT2D eigenvalue weighted by Crippen LogP contribution is 2.27. The molecular formula is C22H17NO3S. The van der Waals surface area contributed by atoms with Crippen molar-refractivity contribution < 1.29 is 14.3 Å². The van der Waals surface area contributed by atoms with Gasteiger partial charge in [0.1, 0.15) is 0 Å². The maximum Gasteiger partial charge on any atom is 0.311 e. The molecule has 1 N–H and O–H groups in total. The average molecular weight is 375 g/mol. The molecule has 4 rings (SSSR count). The Morgan fingerprint density at radius 3 is 2.56 bits per heavy atom. The van der Waals surface area contributed by atoms with Crippen molar-refractivity contribution in [1.82, 2.24) is 4.98 Å². The lowest BCUT2D eigenvalue weighted by molar-refractivity contribution is -0.146. The van der Waals surface area contributed by atoms with Gasteiger partial charge in [-0.3, -0.25) is 9.59 Å². The van der Waals surface area contributed by atoms with Crippen molar-refractivity contribution in [3.05, 3.63) is 94.3 Å². The van der Waals surface area contributed by atoms with Crippen molar-refractivity contribution >= 4 is 34.0 Å². The van der Waals surface area contributed by atoms with Gasteiger partial charge < -0.3 is 9.72 Å². The Morgan fingerprint density at radius 2 is 1.78 bits per heavy atom. The van der Waals surface area contributed by atoms with E-state index >= 15 is 0 Å². The Kier molecular flexibility index (Phi) is 4.85. The molecule has 0 radical (unpaired) electrons. The Morgan fingerprint density at radius 1 is 1.00 bits per heavy atom. The number of aromatic nitrogens is 1. The van der Waals surface area contributed by atoms with Gasteiger partial charge in [0.15, 0.2) is 6.10 Å². The summed E-state index contributed by atoms with van der Waals surface area (Å²) in [4.78, 5) is 28.8. The fraction of sp³-hybridized carbons (Fsp3) is 0.0909. The maximum atomic E-state index is 13.3. The zero-order valence-corrected chi connectivity index (χ0v) is 15.2. The lowest BCUT2D eigenvalue weighted by Gasteiger charge is -2.17. The summed E-state index contributed by atoms with van der Waals surface area (Å²) in [6, 6.07) is 18.6. The van der Waals surface area contributed by atoms with Crippen LogP contribution >= 0.6 is 11.3 Å². The number of carbonyl (C=O) groups is 2. The molecule has 0 aliphatic rings. The van der Waals surface area contributed by atoms with E-state index in [0.29, 0.717) is 11.1 Å². The van der Waals surface area contributed by atoms with Gasteiger partial charge in [0.25, 0.3) is 0 Å². The zero-order chi connectivity index (χ0) is 18.6. The van der Waals surface area contributed by atoms with E-state index in [4.69, 9.17) is 4.74 Å². The minimum absolute atomic E-state index is 0.147. The molecule has 134 valence electrons. The van der Waals surface area contributed by atoms with Gasteiger partial charge in [0, 0.05) is 28.2 Å². The van der Waals surface area contributed by atoms with E-state index in [1.165, 1.54) is 11.3 Å². The predicted molar refractivity (Wildman–Crippen MR) is 106 cm³/mol. The first kappa shape index (κ1) is 17.2. The molecule has 0 unspecified atom stereocenters. The lowest BCUT2D eigenvalue weighted by atomic mass is 9.99. The first-order valence-electron chi connectivity index (χ1n) is 8.58. The second-order valence-corrected chi connectivity index (χ2v) is 6.98. The third-order valence-corrected chi connectivity index (χ3v) is 5.11. The molecule has 2 heterocycles. The Balaban J connectivity index is 1.65. The number of carbonyl (C=O) groups excluding carboxylic acids is 2. The third-order valence-electron chi connectivity index (χ3n) is 4.37. The first-order valence-corrected chi connectivity index (χ1v) is 9.52. The van der Waals surface area contributed by atoms with Gasteiger partial charge in [-0.25, -0.2) is 0 Å². The Labute approximate surface area is 160 Å². The van der Waals surface area contributed by atoms with Crippen LogP contribution in [0.15, 0.2) is 77.6 Å². The van der Waals surface area contributed by atoms with Crippen molar-refractivity contribution in [2.45, 2.75) is 12.5 Å². The average Bonchev–Trinajstić information content (AvgIpc) is 3.36. The Hall–Kier alpha value is -3.18. The van der Waals surface area contributed by atoms with Gasteiger partial charge in [-0.15, -0.1) is 0 Å². The molecular weight excluding hydrogens is 358 g/mol. The molecule has 2 aromatic carbocycles. The molecule has 0 aliphatic heterocycles. The van der Waals surface area contributed by atoms with Crippen molar-refractivity contribution in [3.8, 4) is 0 Å². The number of Topliss-reactive ketones (excluding diaryl/α,β-unsaturated/α-hetero) is 1. The normalized spacial score (nSPS) is 12.0. The topological polar surface area (TPSA) is 59.2 Å². The van der Waals surface area contributed by atoms with Gasteiger partial charge in [-0.1, -0.05) is 48.5 Å². The molecule has 0 bridgehead atoms. The van der Waals surface area contributed by atoms with Gasteiger partial charge in [-0.2, -0.15) is 11.3 Å². The van der Waals surface area contributed by atoms with Crippen molar-refractivity contribution in [1.29, 1.82) is 0 Å². The number of hydrogen-bond acceptors (Lipinski definition) is 4. The third kappa shape index (κ3) is 3.68. The minimum atomic E-state index is -0.975. The molecule has 0 saturated carbocycles. The monoisotopic (exact) mass is 375 g/mol. The van der Waals surface area contributed by atoms with E-state index in [-0.39, 0.29) is 12.2 Å². The molecule has 4 nitrogen and oxygen atoms in total. The van der Waals surface area contributed by atoms with Crippen LogP contribution in [0.3, 0.4) is 0 Å².